The standard InChI is InChI=1S/C14H13Cl3N4O2/c15-9-3-7(18)4-10(16)13(9)23-12-5-8(14(17)21-20-12)11-6-19-1-2-22-11/h3-5,11,19H,1-2,6,18H2. The van der Waals surface area contributed by atoms with E-state index >= 15 is 0 Å². The third-order valence-electron chi connectivity index (χ3n) is 3.26. The second kappa shape index (κ2) is 7.07. The predicted octanol–water partition coefficient (Wildman–Crippen LogP) is 3.47. The maximum atomic E-state index is 6.11. The molecule has 23 heavy (non-hydrogen) atoms. The number of nitrogens with one attached hydrogen (secondary N) is 1. The minimum Gasteiger partial charge on any atom is -0.434 e. The molecule has 1 atom stereocenters. The van der Waals surface area contributed by atoms with Gasteiger partial charge in [0.1, 0.15) is 0 Å². The predicted molar refractivity (Wildman–Crippen MR) is 89.6 cm³/mol. The highest BCUT2D eigenvalue weighted by Gasteiger charge is 2.21. The largest absolute Gasteiger partial charge is 0.434 e. The van der Waals surface area contributed by atoms with Crippen molar-refractivity contribution >= 4 is 40.5 Å². The normalized spacial score (nSPS) is 18.0. The summed E-state index contributed by atoms with van der Waals surface area (Å²) in [5.41, 5.74) is 6.80. The molecular formula is C14H13Cl3N4O2. The molecule has 9 heteroatoms. The van der Waals surface area contributed by atoms with Crippen molar-refractivity contribution in [2.45, 2.75) is 6.10 Å². The highest BCUT2D eigenvalue weighted by Crippen LogP contribution is 2.38. The average Bonchev–Trinajstić information content (AvgIpc) is 2.53. The van der Waals surface area contributed by atoms with Crippen molar-refractivity contribution in [3.05, 3.63) is 39.0 Å². The van der Waals surface area contributed by atoms with Crippen molar-refractivity contribution in [1.29, 1.82) is 0 Å². The Balaban J connectivity index is 1.89. The van der Waals surface area contributed by atoms with Crippen LogP contribution >= 0.6 is 34.8 Å². The molecule has 2 heterocycles. The number of aromatic nitrogens is 2. The van der Waals surface area contributed by atoms with Gasteiger partial charge in [-0.3, -0.25) is 0 Å². The summed E-state index contributed by atoms with van der Waals surface area (Å²) in [6, 6.07) is 4.75. The van der Waals surface area contributed by atoms with Gasteiger partial charge in [0, 0.05) is 30.4 Å². The molecule has 3 rings (SSSR count). The Morgan fingerprint density at radius 2 is 1.91 bits per heavy atom. The van der Waals surface area contributed by atoms with Crippen molar-refractivity contribution in [2.75, 3.05) is 25.4 Å². The van der Waals surface area contributed by atoms with Crippen LogP contribution in [0.25, 0.3) is 0 Å². The molecule has 0 saturated carbocycles. The maximum absolute atomic E-state index is 6.11. The van der Waals surface area contributed by atoms with Crippen molar-refractivity contribution in [3.8, 4) is 11.6 Å². The van der Waals surface area contributed by atoms with Gasteiger partial charge in [-0.2, -0.15) is 0 Å². The fourth-order valence-electron chi connectivity index (χ4n) is 2.19. The highest BCUT2D eigenvalue weighted by molar-refractivity contribution is 6.37. The summed E-state index contributed by atoms with van der Waals surface area (Å²) in [6.07, 6.45) is -0.216. The van der Waals surface area contributed by atoms with Crippen LogP contribution in [0.4, 0.5) is 5.69 Å². The molecule has 2 aromatic rings. The molecule has 0 spiro atoms. The SMILES string of the molecule is Nc1cc(Cl)c(Oc2cc(C3CNCCO3)c(Cl)nn2)c(Cl)c1. The summed E-state index contributed by atoms with van der Waals surface area (Å²) in [6.45, 7) is 2.02. The molecule has 3 N–H and O–H groups in total. The number of nitrogens with two attached hydrogens (primary N) is 1. The van der Waals surface area contributed by atoms with Gasteiger partial charge >= 0.3 is 0 Å². The number of benzene rings is 1. The van der Waals surface area contributed by atoms with Gasteiger partial charge < -0.3 is 20.5 Å². The van der Waals surface area contributed by atoms with Gasteiger partial charge in [-0.05, 0) is 12.1 Å². The monoisotopic (exact) mass is 374 g/mol. The minimum absolute atomic E-state index is 0.215. The molecule has 1 fully saturated rings. The van der Waals surface area contributed by atoms with E-state index < -0.39 is 0 Å². The topological polar surface area (TPSA) is 82.3 Å². The number of ether oxygens (including phenoxy) is 2. The van der Waals surface area contributed by atoms with Crippen molar-refractivity contribution in [2.24, 2.45) is 0 Å². The lowest BCUT2D eigenvalue weighted by atomic mass is 10.1. The molecule has 122 valence electrons. The fourth-order valence-corrected chi connectivity index (χ4v) is 2.99. The Bertz CT molecular complexity index is 700. The third kappa shape index (κ3) is 3.79. The van der Waals surface area contributed by atoms with Crippen LogP contribution in [-0.4, -0.2) is 29.9 Å². The molecule has 0 amide bonds. The van der Waals surface area contributed by atoms with Crippen molar-refractivity contribution in [3.63, 3.8) is 0 Å². The summed E-state index contributed by atoms with van der Waals surface area (Å²) in [4.78, 5) is 0. The summed E-state index contributed by atoms with van der Waals surface area (Å²) in [7, 11) is 0. The molecule has 0 aliphatic carbocycles. The molecule has 0 radical (unpaired) electrons. The maximum Gasteiger partial charge on any atom is 0.239 e. The molecule has 1 aromatic carbocycles. The van der Waals surface area contributed by atoms with Gasteiger partial charge in [0.25, 0.3) is 0 Å². The zero-order valence-corrected chi connectivity index (χ0v) is 14.1. The van der Waals surface area contributed by atoms with Crippen LogP contribution < -0.4 is 15.8 Å². The van der Waals surface area contributed by atoms with Gasteiger partial charge in [0.15, 0.2) is 10.9 Å². The van der Waals surface area contributed by atoms with Gasteiger partial charge in [0.05, 0.1) is 22.8 Å². The summed E-state index contributed by atoms with van der Waals surface area (Å²) in [5, 5.41) is 11.9. The van der Waals surface area contributed by atoms with Crippen LogP contribution in [0.15, 0.2) is 18.2 Å². The zero-order chi connectivity index (χ0) is 16.4. The number of nitrogens with zero attached hydrogens (tertiary/aromatic N) is 2. The first kappa shape index (κ1) is 16.5. The Hall–Kier alpha value is -1.31. The lowest BCUT2D eigenvalue weighted by molar-refractivity contribution is 0.0273. The molecule has 6 nitrogen and oxygen atoms in total. The smallest absolute Gasteiger partial charge is 0.239 e. The molecule has 1 unspecified atom stereocenters. The van der Waals surface area contributed by atoms with E-state index in [0.717, 1.165) is 6.54 Å². The highest BCUT2D eigenvalue weighted by atomic mass is 35.5. The Kier molecular flexibility index (Phi) is 5.08. The lowest BCUT2D eigenvalue weighted by Crippen LogP contribution is -2.33. The number of rotatable bonds is 3. The van der Waals surface area contributed by atoms with E-state index in [1.54, 1.807) is 18.2 Å². The second-order valence-electron chi connectivity index (χ2n) is 4.91. The number of hydrogen-bond donors (Lipinski definition) is 2. The van der Waals surface area contributed by atoms with E-state index in [9.17, 15) is 0 Å². The Morgan fingerprint density at radius 3 is 2.57 bits per heavy atom. The first-order valence-electron chi connectivity index (χ1n) is 6.82. The van der Waals surface area contributed by atoms with Crippen LogP contribution in [0.3, 0.4) is 0 Å². The molecule has 1 saturated heterocycles. The van der Waals surface area contributed by atoms with Gasteiger partial charge in [0.2, 0.25) is 5.88 Å². The zero-order valence-electron chi connectivity index (χ0n) is 11.9. The minimum atomic E-state index is -0.216. The van der Waals surface area contributed by atoms with Gasteiger partial charge in [-0.25, -0.2) is 0 Å². The lowest BCUT2D eigenvalue weighted by Gasteiger charge is -2.24. The quantitative estimate of drug-likeness (QED) is 0.799. The van der Waals surface area contributed by atoms with Crippen LogP contribution in [0, 0.1) is 0 Å². The number of anilines is 1. The van der Waals surface area contributed by atoms with E-state index in [2.05, 4.69) is 15.5 Å². The van der Waals surface area contributed by atoms with E-state index in [1.165, 1.54) is 0 Å². The van der Waals surface area contributed by atoms with Crippen LogP contribution in [-0.2, 0) is 4.74 Å². The first-order chi connectivity index (χ1) is 11.0. The number of morpholine rings is 1. The van der Waals surface area contributed by atoms with Gasteiger partial charge in [-0.1, -0.05) is 34.8 Å². The molecular weight excluding hydrogens is 363 g/mol. The van der Waals surface area contributed by atoms with Crippen molar-refractivity contribution in [1.82, 2.24) is 15.5 Å². The molecule has 0 bridgehead atoms. The molecule has 1 aliphatic heterocycles. The summed E-state index contributed by atoms with van der Waals surface area (Å²) < 4.78 is 11.3. The first-order valence-corrected chi connectivity index (χ1v) is 7.96. The molecule has 1 aromatic heterocycles. The van der Waals surface area contributed by atoms with Crippen LogP contribution in [0.5, 0.6) is 11.6 Å². The molecule has 1 aliphatic rings. The average molecular weight is 376 g/mol. The van der Waals surface area contributed by atoms with Crippen LogP contribution in [0.1, 0.15) is 11.7 Å². The van der Waals surface area contributed by atoms with Crippen molar-refractivity contribution < 1.29 is 9.47 Å². The van der Waals surface area contributed by atoms with Gasteiger partial charge in [-0.15, -0.1) is 10.2 Å². The summed E-state index contributed by atoms with van der Waals surface area (Å²) in [5.74, 6) is 0.472. The van der Waals surface area contributed by atoms with Crippen LogP contribution in [0.2, 0.25) is 15.2 Å². The number of nitrogen functional groups attached to an aromatic ring is 1. The number of hydrogen-bond acceptors (Lipinski definition) is 6. The van der Waals surface area contributed by atoms with E-state index in [4.69, 9.17) is 50.0 Å². The number of halogens is 3. The van der Waals surface area contributed by atoms with E-state index in [1.807, 2.05) is 0 Å². The Morgan fingerprint density at radius 1 is 1.17 bits per heavy atom. The second-order valence-corrected chi connectivity index (χ2v) is 6.08. The van der Waals surface area contributed by atoms with E-state index in [0.29, 0.717) is 24.4 Å². The fraction of sp³-hybridized carbons (Fsp3) is 0.286. The van der Waals surface area contributed by atoms with E-state index in [-0.39, 0.29) is 32.9 Å². The Labute approximate surface area is 147 Å². The summed E-state index contributed by atoms with van der Waals surface area (Å²) >= 11 is 18.3. The third-order valence-corrected chi connectivity index (χ3v) is 4.11.